The number of rotatable bonds is 4. The van der Waals surface area contributed by atoms with Gasteiger partial charge in [-0.3, -0.25) is 14.7 Å². The normalized spacial score (nSPS) is 10.5. The van der Waals surface area contributed by atoms with Gasteiger partial charge < -0.3 is 10.2 Å². The second-order valence-electron chi connectivity index (χ2n) is 5.81. The largest absolute Gasteiger partial charge is 0.345 e. The van der Waals surface area contributed by atoms with E-state index in [1.54, 1.807) is 32.3 Å². The number of nitrogens with zero attached hydrogens (tertiary/aromatic N) is 2. The molecule has 0 radical (unpaired) electrons. The van der Waals surface area contributed by atoms with Gasteiger partial charge in [0.25, 0.3) is 5.91 Å². The summed E-state index contributed by atoms with van der Waals surface area (Å²) in [5, 5.41) is 11.0. The number of H-pyrrole nitrogens is 1. The van der Waals surface area contributed by atoms with E-state index in [1.165, 1.54) is 11.0 Å². The highest BCUT2D eigenvalue weighted by molar-refractivity contribution is 6.03. The lowest BCUT2D eigenvalue weighted by Crippen LogP contribution is -2.22. The first-order valence-corrected chi connectivity index (χ1v) is 7.73. The van der Waals surface area contributed by atoms with Gasteiger partial charge in [0.2, 0.25) is 5.91 Å². The highest BCUT2D eigenvalue weighted by Crippen LogP contribution is 2.29. The molecule has 6 nitrogen and oxygen atoms in total. The fourth-order valence-electron chi connectivity index (χ4n) is 2.59. The average molecular weight is 334 g/mol. The maximum absolute atomic E-state index is 12.4. The lowest BCUT2D eigenvalue weighted by molar-refractivity contribution is -0.111. The van der Waals surface area contributed by atoms with E-state index in [0.29, 0.717) is 11.3 Å². The van der Waals surface area contributed by atoms with Crippen molar-refractivity contribution in [2.45, 2.75) is 0 Å². The number of aromatic amines is 1. The van der Waals surface area contributed by atoms with Gasteiger partial charge in [-0.05, 0) is 30.3 Å². The van der Waals surface area contributed by atoms with Crippen LogP contribution in [0.5, 0.6) is 0 Å². The van der Waals surface area contributed by atoms with Crippen LogP contribution in [0.15, 0.2) is 55.1 Å². The Morgan fingerprint density at radius 2 is 1.96 bits per heavy atom. The molecule has 0 saturated carbocycles. The number of amides is 2. The van der Waals surface area contributed by atoms with E-state index in [-0.39, 0.29) is 11.8 Å². The van der Waals surface area contributed by atoms with Gasteiger partial charge in [-0.25, -0.2) is 0 Å². The molecule has 2 aromatic carbocycles. The molecule has 0 aliphatic heterocycles. The molecule has 126 valence electrons. The fraction of sp³-hybridized carbons (Fsp3) is 0.105. The smallest absolute Gasteiger partial charge is 0.253 e. The van der Waals surface area contributed by atoms with E-state index in [2.05, 4.69) is 22.1 Å². The Balaban J connectivity index is 2.16. The lowest BCUT2D eigenvalue weighted by atomic mass is 10.0. The number of anilines is 1. The second-order valence-corrected chi connectivity index (χ2v) is 5.81. The predicted molar refractivity (Wildman–Crippen MR) is 98.4 cm³/mol. The summed E-state index contributed by atoms with van der Waals surface area (Å²) in [6, 6.07) is 12.9. The monoisotopic (exact) mass is 334 g/mol. The minimum absolute atomic E-state index is 0.157. The molecule has 0 bridgehead atoms. The molecule has 2 amide bonds. The highest BCUT2D eigenvalue weighted by atomic mass is 16.2. The summed E-state index contributed by atoms with van der Waals surface area (Å²) < 4.78 is 0. The quantitative estimate of drug-likeness (QED) is 0.720. The van der Waals surface area contributed by atoms with E-state index < -0.39 is 0 Å². The van der Waals surface area contributed by atoms with Crippen LogP contribution in [-0.2, 0) is 4.79 Å². The molecule has 25 heavy (non-hydrogen) atoms. The number of benzene rings is 2. The van der Waals surface area contributed by atoms with Crippen LogP contribution in [0.4, 0.5) is 5.69 Å². The maximum atomic E-state index is 12.4. The number of hydrogen-bond acceptors (Lipinski definition) is 3. The number of aromatic nitrogens is 2. The molecule has 3 rings (SSSR count). The molecule has 0 aliphatic carbocycles. The Kier molecular flexibility index (Phi) is 4.35. The van der Waals surface area contributed by atoms with E-state index in [0.717, 1.165) is 22.2 Å². The van der Waals surface area contributed by atoms with Crippen molar-refractivity contribution in [1.29, 1.82) is 0 Å². The Morgan fingerprint density at radius 1 is 1.20 bits per heavy atom. The molecule has 1 heterocycles. The van der Waals surface area contributed by atoms with Crippen molar-refractivity contribution in [1.82, 2.24) is 15.1 Å². The summed E-state index contributed by atoms with van der Waals surface area (Å²) in [6.07, 6.45) is 1.18. The highest BCUT2D eigenvalue weighted by Gasteiger charge is 2.15. The predicted octanol–water partition coefficient (Wildman–Crippen LogP) is 3.06. The van der Waals surface area contributed by atoms with Crippen molar-refractivity contribution < 1.29 is 9.59 Å². The Labute approximate surface area is 145 Å². The number of para-hydroxylation sites is 1. The van der Waals surface area contributed by atoms with Crippen molar-refractivity contribution in [3.8, 4) is 11.3 Å². The van der Waals surface area contributed by atoms with Gasteiger partial charge in [-0.15, -0.1) is 0 Å². The second kappa shape index (κ2) is 6.60. The number of carbonyl (C=O) groups is 2. The first-order chi connectivity index (χ1) is 12.0. The first kappa shape index (κ1) is 16.4. The van der Waals surface area contributed by atoms with E-state index in [4.69, 9.17) is 0 Å². The molecule has 1 aromatic heterocycles. The summed E-state index contributed by atoms with van der Waals surface area (Å²) in [5.41, 5.74) is 3.34. The van der Waals surface area contributed by atoms with Crippen LogP contribution in [-0.4, -0.2) is 41.0 Å². The zero-order chi connectivity index (χ0) is 18.0. The van der Waals surface area contributed by atoms with Crippen LogP contribution < -0.4 is 5.32 Å². The number of fused-ring (bicyclic) bond motifs is 1. The zero-order valence-corrected chi connectivity index (χ0v) is 14.0. The lowest BCUT2D eigenvalue weighted by Gasteiger charge is -2.13. The van der Waals surface area contributed by atoms with Crippen molar-refractivity contribution >= 4 is 28.4 Å². The zero-order valence-electron chi connectivity index (χ0n) is 14.0. The third-order valence-corrected chi connectivity index (χ3v) is 3.78. The van der Waals surface area contributed by atoms with Gasteiger partial charge in [-0.1, -0.05) is 24.8 Å². The van der Waals surface area contributed by atoms with Crippen LogP contribution in [0.3, 0.4) is 0 Å². The third kappa shape index (κ3) is 3.28. The summed E-state index contributed by atoms with van der Waals surface area (Å²) in [7, 11) is 3.36. The molecule has 0 fully saturated rings. The van der Waals surface area contributed by atoms with Gasteiger partial charge >= 0.3 is 0 Å². The Morgan fingerprint density at radius 3 is 2.68 bits per heavy atom. The summed E-state index contributed by atoms with van der Waals surface area (Å²) in [6.45, 7) is 3.45. The van der Waals surface area contributed by atoms with E-state index in [1.807, 2.05) is 24.3 Å². The van der Waals surface area contributed by atoms with Gasteiger partial charge in [0.15, 0.2) is 0 Å². The summed E-state index contributed by atoms with van der Waals surface area (Å²) in [4.78, 5) is 25.5. The standard InChI is InChI=1S/C19H18N4O2/c1-4-17(24)20-14-10-12(9-13(11-14)19(25)23(2)3)18-15-7-5-6-8-16(15)21-22-18/h4-11H,1H2,2-3H3,(H,20,24)(H,21,22). The van der Waals surface area contributed by atoms with Crippen molar-refractivity contribution in [2.24, 2.45) is 0 Å². The molecule has 6 heteroatoms. The number of carbonyl (C=O) groups excluding carboxylic acids is 2. The summed E-state index contributed by atoms with van der Waals surface area (Å²) in [5.74, 6) is -0.497. The molecule has 0 unspecified atom stereocenters. The van der Waals surface area contributed by atoms with Crippen LogP contribution in [0, 0.1) is 0 Å². The fourth-order valence-corrected chi connectivity index (χ4v) is 2.59. The molecule has 0 atom stereocenters. The van der Waals surface area contributed by atoms with Gasteiger partial charge in [0.05, 0.1) is 11.2 Å². The summed E-state index contributed by atoms with van der Waals surface area (Å²) >= 11 is 0. The Bertz CT molecular complexity index is 972. The molecule has 0 saturated heterocycles. The van der Waals surface area contributed by atoms with Crippen LogP contribution in [0.2, 0.25) is 0 Å². The number of hydrogen-bond donors (Lipinski definition) is 2. The van der Waals surface area contributed by atoms with Crippen molar-refractivity contribution in [2.75, 3.05) is 19.4 Å². The van der Waals surface area contributed by atoms with Crippen LogP contribution in [0.25, 0.3) is 22.2 Å². The maximum Gasteiger partial charge on any atom is 0.253 e. The minimum atomic E-state index is -0.340. The first-order valence-electron chi connectivity index (χ1n) is 7.73. The van der Waals surface area contributed by atoms with E-state index >= 15 is 0 Å². The van der Waals surface area contributed by atoms with Crippen LogP contribution >= 0.6 is 0 Å². The minimum Gasteiger partial charge on any atom is -0.345 e. The molecule has 0 spiro atoms. The molecule has 3 aromatic rings. The van der Waals surface area contributed by atoms with Crippen molar-refractivity contribution in [3.63, 3.8) is 0 Å². The molecular weight excluding hydrogens is 316 g/mol. The SMILES string of the molecule is C=CC(=O)Nc1cc(C(=O)N(C)C)cc(-c2n[nH]c3ccccc23)c1. The van der Waals surface area contributed by atoms with Gasteiger partial charge in [-0.2, -0.15) is 5.10 Å². The van der Waals surface area contributed by atoms with Crippen LogP contribution in [0.1, 0.15) is 10.4 Å². The van der Waals surface area contributed by atoms with E-state index in [9.17, 15) is 9.59 Å². The van der Waals surface area contributed by atoms with Crippen molar-refractivity contribution in [3.05, 3.63) is 60.7 Å². The molecule has 2 N–H and O–H groups in total. The number of nitrogens with one attached hydrogen (secondary N) is 2. The van der Waals surface area contributed by atoms with Gasteiger partial charge in [0.1, 0.15) is 0 Å². The molecular formula is C19H18N4O2. The molecule has 0 aliphatic rings. The van der Waals surface area contributed by atoms with Gasteiger partial charge in [0, 0.05) is 36.3 Å². The topological polar surface area (TPSA) is 78.1 Å². The third-order valence-electron chi connectivity index (χ3n) is 3.78. The Hall–Kier alpha value is -3.41. The average Bonchev–Trinajstić information content (AvgIpc) is 3.04.